The number of rotatable bonds is 9. The van der Waals surface area contributed by atoms with Gasteiger partial charge in [-0.05, 0) is 26.2 Å². The minimum Gasteiger partial charge on any atom is -0.481 e. The molecule has 1 aromatic carbocycles. The van der Waals surface area contributed by atoms with Crippen molar-refractivity contribution in [2.75, 3.05) is 10.6 Å². The van der Waals surface area contributed by atoms with Crippen LogP contribution >= 0.6 is 0 Å². The molecule has 0 amide bonds. The number of imidazole rings is 1. The Balaban J connectivity index is 2.03. The van der Waals surface area contributed by atoms with E-state index in [2.05, 4.69) is 25.6 Å². The Morgan fingerprint density at radius 3 is 2.45 bits per heavy atom. The van der Waals surface area contributed by atoms with Crippen molar-refractivity contribution in [3.8, 4) is 0 Å². The minimum atomic E-state index is -1.11. The molecule has 0 spiro atoms. The van der Waals surface area contributed by atoms with Gasteiger partial charge in [-0.1, -0.05) is 6.92 Å². The molecule has 3 rings (SSSR count). The van der Waals surface area contributed by atoms with Gasteiger partial charge in [0.25, 0.3) is 0 Å². The van der Waals surface area contributed by atoms with Crippen LogP contribution < -0.4 is 10.6 Å². The van der Waals surface area contributed by atoms with Crippen LogP contribution in [0, 0.1) is 23.4 Å². The Labute approximate surface area is 176 Å². The average Bonchev–Trinajstić information content (AvgIpc) is 2.99. The third kappa shape index (κ3) is 5.41. The molecule has 0 aliphatic rings. The molecule has 3 aromatic rings. The summed E-state index contributed by atoms with van der Waals surface area (Å²) in [5, 5.41) is 14.6. The number of fused-ring (bicyclic) bond motifs is 1. The molecule has 8 nitrogen and oxygen atoms in total. The lowest BCUT2D eigenvalue weighted by molar-refractivity contribution is -0.137. The summed E-state index contributed by atoms with van der Waals surface area (Å²) >= 11 is 0. The molecule has 0 fully saturated rings. The van der Waals surface area contributed by atoms with Crippen molar-refractivity contribution in [1.29, 1.82) is 0 Å². The van der Waals surface area contributed by atoms with Crippen LogP contribution in [0.1, 0.15) is 33.6 Å². The summed E-state index contributed by atoms with van der Waals surface area (Å²) in [6.07, 6.45) is 1.84. The molecule has 11 heteroatoms. The van der Waals surface area contributed by atoms with Gasteiger partial charge in [-0.15, -0.1) is 0 Å². The Morgan fingerprint density at radius 2 is 1.84 bits per heavy atom. The van der Waals surface area contributed by atoms with Crippen LogP contribution in [0.25, 0.3) is 11.2 Å². The summed E-state index contributed by atoms with van der Waals surface area (Å²) < 4.78 is 43.2. The van der Waals surface area contributed by atoms with Crippen LogP contribution in [-0.4, -0.2) is 36.6 Å². The molecule has 0 saturated carbocycles. The van der Waals surface area contributed by atoms with Crippen LogP contribution in [0.3, 0.4) is 0 Å². The predicted molar refractivity (Wildman–Crippen MR) is 110 cm³/mol. The molecule has 2 aromatic heterocycles. The fourth-order valence-electron chi connectivity index (χ4n) is 3.06. The molecule has 0 aliphatic heterocycles. The highest BCUT2D eigenvalue weighted by Gasteiger charge is 2.20. The van der Waals surface area contributed by atoms with Crippen molar-refractivity contribution in [2.24, 2.45) is 5.92 Å². The number of aliphatic carboxylic acids is 1. The van der Waals surface area contributed by atoms with E-state index in [4.69, 9.17) is 5.11 Å². The van der Waals surface area contributed by atoms with Crippen molar-refractivity contribution in [2.45, 2.75) is 46.2 Å². The summed E-state index contributed by atoms with van der Waals surface area (Å²) in [5.41, 5.74) is 0.237. The smallest absolute Gasteiger partial charge is 0.303 e. The van der Waals surface area contributed by atoms with E-state index in [-0.39, 0.29) is 30.9 Å². The van der Waals surface area contributed by atoms with Crippen molar-refractivity contribution in [3.63, 3.8) is 0 Å². The molecular formula is C20H23F3N6O2. The maximum atomic E-state index is 14.2. The van der Waals surface area contributed by atoms with Crippen molar-refractivity contribution < 1.29 is 23.1 Å². The zero-order valence-corrected chi connectivity index (χ0v) is 17.3. The number of halogens is 3. The van der Waals surface area contributed by atoms with Gasteiger partial charge >= 0.3 is 5.97 Å². The predicted octanol–water partition coefficient (Wildman–Crippen LogP) is 4.31. The van der Waals surface area contributed by atoms with E-state index in [0.29, 0.717) is 35.7 Å². The molecule has 0 saturated heterocycles. The molecule has 3 N–H and O–H groups in total. The van der Waals surface area contributed by atoms with Gasteiger partial charge in [0.1, 0.15) is 17.0 Å². The summed E-state index contributed by atoms with van der Waals surface area (Å²) in [4.78, 5) is 23.9. The third-order valence-corrected chi connectivity index (χ3v) is 4.49. The zero-order chi connectivity index (χ0) is 22.7. The Hall–Kier alpha value is -3.37. The molecule has 0 aliphatic carbocycles. The van der Waals surface area contributed by atoms with E-state index < -0.39 is 29.1 Å². The van der Waals surface area contributed by atoms with Crippen molar-refractivity contribution in [1.82, 2.24) is 19.5 Å². The second kappa shape index (κ2) is 9.19. The van der Waals surface area contributed by atoms with Crippen LogP contribution in [0.2, 0.25) is 0 Å². The number of carbonyl (C=O) groups is 1. The SMILES string of the molecule is CC(C)Nc1ncc2nc(Nc3c(F)cc(F)cc3F)n(C[C@H](C)CCC(=O)O)c2n1. The first-order chi connectivity index (χ1) is 14.6. The minimum absolute atomic E-state index is 0.0209. The largest absolute Gasteiger partial charge is 0.481 e. The van der Waals surface area contributed by atoms with Crippen LogP contribution in [0.5, 0.6) is 0 Å². The van der Waals surface area contributed by atoms with E-state index in [1.165, 1.54) is 6.20 Å². The lowest BCUT2D eigenvalue weighted by Crippen LogP contribution is -2.15. The normalized spacial score (nSPS) is 12.4. The lowest BCUT2D eigenvalue weighted by Gasteiger charge is -2.16. The number of carboxylic acid groups (broad SMARTS) is 1. The van der Waals surface area contributed by atoms with Gasteiger partial charge in [0.15, 0.2) is 17.3 Å². The fourth-order valence-corrected chi connectivity index (χ4v) is 3.06. The van der Waals surface area contributed by atoms with Crippen LogP contribution in [-0.2, 0) is 11.3 Å². The molecule has 166 valence electrons. The first-order valence-electron chi connectivity index (χ1n) is 9.77. The number of benzene rings is 1. The van der Waals surface area contributed by atoms with E-state index in [1.54, 1.807) is 4.57 Å². The number of hydrogen-bond donors (Lipinski definition) is 3. The third-order valence-electron chi connectivity index (χ3n) is 4.49. The van der Waals surface area contributed by atoms with Crippen molar-refractivity contribution in [3.05, 3.63) is 35.8 Å². The highest BCUT2D eigenvalue weighted by Crippen LogP contribution is 2.28. The maximum Gasteiger partial charge on any atom is 0.303 e. The number of hydrogen-bond acceptors (Lipinski definition) is 6. The highest BCUT2D eigenvalue weighted by molar-refractivity contribution is 5.76. The van der Waals surface area contributed by atoms with Crippen molar-refractivity contribution >= 4 is 34.7 Å². The van der Waals surface area contributed by atoms with Gasteiger partial charge in [0.2, 0.25) is 11.9 Å². The molecule has 0 bridgehead atoms. The molecule has 0 unspecified atom stereocenters. The van der Waals surface area contributed by atoms with E-state index >= 15 is 0 Å². The number of anilines is 3. The topological polar surface area (TPSA) is 105 Å². The van der Waals surface area contributed by atoms with E-state index in [9.17, 15) is 18.0 Å². The lowest BCUT2D eigenvalue weighted by atomic mass is 10.1. The number of aromatic nitrogens is 4. The number of nitrogens with zero attached hydrogens (tertiary/aromatic N) is 4. The Bertz CT molecular complexity index is 1080. The fraction of sp³-hybridized carbons (Fsp3) is 0.400. The van der Waals surface area contributed by atoms with Crippen LogP contribution in [0.4, 0.5) is 30.8 Å². The Kier molecular flexibility index (Phi) is 6.62. The summed E-state index contributed by atoms with van der Waals surface area (Å²) in [7, 11) is 0. The standard InChI is InChI=1S/C20H23F3N6O2/c1-10(2)25-19-24-8-15-18(28-19)29(9-11(3)4-5-16(30)31)20(26-15)27-17-13(22)6-12(21)7-14(17)23/h6-8,10-11H,4-5,9H2,1-3H3,(H,26,27)(H,30,31)(H,24,25,28)/t11-/m1/s1. The molecule has 31 heavy (non-hydrogen) atoms. The summed E-state index contributed by atoms with van der Waals surface area (Å²) in [6.45, 7) is 5.98. The van der Waals surface area contributed by atoms with E-state index in [1.807, 2.05) is 20.8 Å². The summed E-state index contributed by atoms with van der Waals surface area (Å²) in [5.74, 6) is -3.83. The quantitative estimate of drug-likeness (QED) is 0.459. The highest BCUT2D eigenvalue weighted by atomic mass is 19.1. The molecule has 1 atom stereocenters. The van der Waals surface area contributed by atoms with Gasteiger partial charge in [-0.25, -0.2) is 23.1 Å². The second-order valence-corrected chi connectivity index (χ2v) is 7.65. The molecular weight excluding hydrogens is 413 g/mol. The van der Waals surface area contributed by atoms with Crippen LogP contribution in [0.15, 0.2) is 18.3 Å². The first kappa shape index (κ1) is 22.3. The van der Waals surface area contributed by atoms with Gasteiger partial charge < -0.3 is 15.7 Å². The number of carboxylic acids is 1. The monoisotopic (exact) mass is 436 g/mol. The van der Waals surface area contributed by atoms with Gasteiger partial charge in [-0.2, -0.15) is 4.98 Å². The van der Waals surface area contributed by atoms with Gasteiger partial charge in [0.05, 0.1) is 6.20 Å². The second-order valence-electron chi connectivity index (χ2n) is 7.65. The maximum absolute atomic E-state index is 14.2. The van der Waals surface area contributed by atoms with Gasteiger partial charge in [0, 0.05) is 31.1 Å². The Morgan fingerprint density at radius 1 is 1.16 bits per heavy atom. The first-order valence-corrected chi connectivity index (χ1v) is 9.77. The number of nitrogens with one attached hydrogen (secondary N) is 2. The molecule has 0 radical (unpaired) electrons. The average molecular weight is 436 g/mol. The summed E-state index contributed by atoms with van der Waals surface area (Å²) in [6, 6.07) is 1.21. The van der Waals surface area contributed by atoms with Gasteiger partial charge in [-0.3, -0.25) is 9.36 Å². The zero-order valence-electron chi connectivity index (χ0n) is 17.3. The van der Waals surface area contributed by atoms with E-state index in [0.717, 1.165) is 0 Å². The molecule has 2 heterocycles.